The van der Waals surface area contributed by atoms with Gasteiger partial charge in [0.2, 0.25) is 0 Å². The zero-order chi connectivity index (χ0) is 8.15. The molecule has 1 amide bonds. The van der Waals surface area contributed by atoms with Crippen LogP contribution in [-0.4, -0.2) is 22.1 Å². The van der Waals surface area contributed by atoms with Crippen LogP contribution in [0.5, 0.6) is 0 Å². The summed E-state index contributed by atoms with van der Waals surface area (Å²) < 4.78 is 1.59. The van der Waals surface area contributed by atoms with E-state index in [4.69, 9.17) is 0 Å². The second-order valence-electron chi connectivity index (χ2n) is 1.71. The molecule has 0 aliphatic rings. The van der Waals surface area contributed by atoms with E-state index in [0.717, 1.165) is 0 Å². The third-order valence-corrected chi connectivity index (χ3v) is 2.75. The lowest BCUT2D eigenvalue weighted by molar-refractivity contribution is -0.119. The van der Waals surface area contributed by atoms with E-state index in [-0.39, 0.29) is 5.91 Å². The number of hydrogen-bond donors (Lipinski definition) is 0. The first-order valence-electron chi connectivity index (χ1n) is 2.71. The maximum Gasteiger partial charge on any atom is 0.269 e. The fourth-order valence-electron chi connectivity index (χ4n) is 0.396. The third-order valence-electron chi connectivity index (χ3n) is 0.863. The van der Waals surface area contributed by atoms with Crippen LogP contribution in [0.25, 0.3) is 0 Å². The summed E-state index contributed by atoms with van der Waals surface area (Å²) in [5.74, 6) is -0.0139. The van der Waals surface area contributed by atoms with Crippen LogP contribution in [0.3, 0.4) is 0 Å². The van der Waals surface area contributed by atoms with Gasteiger partial charge in [-0.25, -0.2) is 3.71 Å². The predicted octanol–water partition coefficient (Wildman–Crippen LogP) is 1.95. The lowest BCUT2D eigenvalue weighted by atomic mass is 10.3. The van der Waals surface area contributed by atoms with Gasteiger partial charge in [0.15, 0.2) is 0 Å². The van der Waals surface area contributed by atoms with E-state index in [1.165, 1.54) is 23.9 Å². The largest absolute Gasteiger partial charge is 0.269 e. The molecular weight excluding hydrogens is 166 g/mol. The summed E-state index contributed by atoms with van der Waals surface area (Å²) in [6.45, 7) is 5.26. The molecule has 2 nitrogen and oxygen atoms in total. The van der Waals surface area contributed by atoms with Crippen molar-refractivity contribution in [2.75, 3.05) is 12.5 Å². The van der Waals surface area contributed by atoms with Crippen LogP contribution in [0.15, 0.2) is 12.2 Å². The van der Waals surface area contributed by atoms with E-state index >= 15 is 0 Å². The average Bonchev–Trinajstić information content (AvgIpc) is 1.90. The first-order chi connectivity index (χ1) is 4.63. The highest BCUT2D eigenvalue weighted by Crippen LogP contribution is 2.18. The van der Waals surface area contributed by atoms with Crippen LogP contribution in [-0.2, 0) is 4.79 Å². The van der Waals surface area contributed by atoms with Gasteiger partial charge in [-0.05, 0) is 30.8 Å². The molecule has 0 N–H and O–H groups in total. The molecule has 4 heteroatoms. The van der Waals surface area contributed by atoms with Gasteiger partial charge in [-0.3, -0.25) is 4.79 Å². The molecule has 0 saturated heterocycles. The third kappa shape index (κ3) is 2.66. The SMILES string of the molecule is C=C(C)C(=O)N(SC)SC. The molecule has 0 fully saturated rings. The summed E-state index contributed by atoms with van der Waals surface area (Å²) in [7, 11) is 0. The molecule has 0 heterocycles. The highest BCUT2D eigenvalue weighted by atomic mass is 32.2. The molecule has 0 atom stereocenters. The summed E-state index contributed by atoms with van der Waals surface area (Å²) in [5, 5.41) is 0. The maximum absolute atomic E-state index is 11.1. The highest BCUT2D eigenvalue weighted by molar-refractivity contribution is 8.12. The second-order valence-corrected chi connectivity index (χ2v) is 3.40. The minimum atomic E-state index is -0.0139. The molecule has 0 bridgehead atoms. The van der Waals surface area contributed by atoms with Crippen LogP contribution < -0.4 is 0 Å². The molecule has 0 aromatic carbocycles. The Kier molecular flexibility index (Phi) is 4.64. The van der Waals surface area contributed by atoms with Crippen LogP contribution in [0.1, 0.15) is 6.92 Å². The summed E-state index contributed by atoms with van der Waals surface area (Å²) >= 11 is 2.78. The van der Waals surface area contributed by atoms with Crippen LogP contribution in [0, 0.1) is 0 Å². The van der Waals surface area contributed by atoms with E-state index in [9.17, 15) is 4.79 Å². The Morgan fingerprint density at radius 1 is 1.40 bits per heavy atom. The molecule has 0 rings (SSSR count). The topological polar surface area (TPSA) is 20.3 Å². The molecule has 0 aromatic rings. The molecule has 0 unspecified atom stereocenters. The van der Waals surface area contributed by atoms with E-state index in [1.54, 1.807) is 10.6 Å². The van der Waals surface area contributed by atoms with Crippen molar-refractivity contribution < 1.29 is 4.79 Å². The maximum atomic E-state index is 11.1. The lowest BCUT2D eigenvalue weighted by Gasteiger charge is -2.14. The van der Waals surface area contributed by atoms with Crippen molar-refractivity contribution >= 4 is 29.8 Å². The van der Waals surface area contributed by atoms with Crippen LogP contribution in [0.2, 0.25) is 0 Å². The number of carbonyl (C=O) groups excluding carboxylic acids is 1. The van der Waals surface area contributed by atoms with Gasteiger partial charge in [-0.2, -0.15) is 0 Å². The van der Waals surface area contributed by atoms with Crippen molar-refractivity contribution in [3.05, 3.63) is 12.2 Å². The fourth-order valence-corrected chi connectivity index (χ4v) is 1.64. The Balaban J connectivity index is 4.02. The van der Waals surface area contributed by atoms with Crippen molar-refractivity contribution in [2.24, 2.45) is 0 Å². The van der Waals surface area contributed by atoms with Gasteiger partial charge in [0.1, 0.15) is 0 Å². The van der Waals surface area contributed by atoms with Gasteiger partial charge >= 0.3 is 0 Å². The Bertz CT molecular complexity index is 143. The first kappa shape index (κ1) is 9.91. The Labute approximate surface area is 70.3 Å². The molecule has 0 spiro atoms. The lowest BCUT2D eigenvalue weighted by Crippen LogP contribution is -2.16. The summed E-state index contributed by atoms with van der Waals surface area (Å²) in [4.78, 5) is 11.1. The number of rotatable bonds is 3. The van der Waals surface area contributed by atoms with E-state index in [2.05, 4.69) is 6.58 Å². The Morgan fingerprint density at radius 3 is 1.90 bits per heavy atom. The quantitative estimate of drug-likeness (QED) is 0.485. The van der Waals surface area contributed by atoms with Crippen molar-refractivity contribution in [3.8, 4) is 0 Å². The fraction of sp³-hybridized carbons (Fsp3) is 0.500. The summed E-state index contributed by atoms with van der Waals surface area (Å²) in [5.41, 5.74) is 0.573. The van der Waals surface area contributed by atoms with E-state index < -0.39 is 0 Å². The van der Waals surface area contributed by atoms with Crippen molar-refractivity contribution in [3.63, 3.8) is 0 Å². The Morgan fingerprint density at radius 2 is 1.80 bits per heavy atom. The monoisotopic (exact) mass is 177 g/mol. The zero-order valence-electron chi connectivity index (χ0n) is 6.38. The van der Waals surface area contributed by atoms with Gasteiger partial charge in [-0.1, -0.05) is 6.58 Å². The molecule has 0 aliphatic carbocycles. The highest BCUT2D eigenvalue weighted by Gasteiger charge is 2.10. The van der Waals surface area contributed by atoms with Gasteiger partial charge in [0.05, 0.1) is 0 Å². The van der Waals surface area contributed by atoms with Crippen molar-refractivity contribution in [1.82, 2.24) is 3.71 Å². The van der Waals surface area contributed by atoms with Gasteiger partial charge in [0.25, 0.3) is 5.91 Å². The summed E-state index contributed by atoms with van der Waals surface area (Å²) in [6, 6.07) is 0. The molecule has 10 heavy (non-hydrogen) atoms. The number of carbonyl (C=O) groups is 1. The van der Waals surface area contributed by atoms with Crippen molar-refractivity contribution in [1.29, 1.82) is 0 Å². The minimum Gasteiger partial charge on any atom is -0.268 e. The van der Waals surface area contributed by atoms with Crippen LogP contribution in [0.4, 0.5) is 0 Å². The van der Waals surface area contributed by atoms with Gasteiger partial charge in [-0.15, -0.1) is 0 Å². The van der Waals surface area contributed by atoms with Gasteiger partial charge in [0, 0.05) is 18.1 Å². The van der Waals surface area contributed by atoms with E-state index in [0.29, 0.717) is 5.57 Å². The number of hydrogen-bond acceptors (Lipinski definition) is 3. The zero-order valence-corrected chi connectivity index (χ0v) is 8.01. The predicted molar refractivity (Wildman–Crippen MR) is 48.7 cm³/mol. The molecule has 0 saturated carbocycles. The molecule has 0 aliphatic heterocycles. The smallest absolute Gasteiger partial charge is 0.268 e. The molecule has 0 aromatic heterocycles. The van der Waals surface area contributed by atoms with Gasteiger partial charge < -0.3 is 0 Å². The van der Waals surface area contributed by atoms with Crippen LogP contribution >= 0.6 is 23.9 Å². The minimum absolute atomic E-state index is 0.0139. The molecule has 0 radical (unpaired) electrons. The number of amides is 1. The van der Waals surface area contributed by atoms with E-state index in [1.807, 2.05) is 12.5 Å². The first-order valence-corrected chi connectivity index (χ1v) is 5.08. The standard InChI is InChI=1S/C6H11NOS2/c1-5(2)6(8)7(9-3)10-4/h1H2,2-4H3. The summed E-state index contributed by atoms with van der Waals surface area (Å²) in [6.07, 6.45) is 3.72. The van der Waals surface area contributed by atoms with Crippen molar-refractivity contribution in [2.45, 2.75) is 6.92 Å². The second kappa shape index (κ2) is 4.68. The Hall–Kier alpha value is -0.0900. The normalized spacial score (nSPS) is 9.10. The number of nitrogens with zero attached hydrogens (tertiary/aromatic N) is 1. The molecular formula is C6H11NOS2. The average molecular weight is 177 g/mol. The molecule has 58 valence electrons.